The van der Waals surface area contributed by atoms with E-state index in [9.17, 15) is 0 Å². The lowest BCUT2D eigenvalue weighted by Gasteiger charge is -2.37. The van der Waals surface area contributed by atoms with Gasteiger partial charge in [0, 0.05) is 19.1 Å². The van der Waals surface area contributed by atoms with Gasteiger partial charge in [0.25, 0.3) is 0 Å². The molecule has 118 valence electrons. The van der Waals surface area contributed by atoms with E-state index in [1.807, 2.05) is 6.92 Å². The monoisotopic (exact) mass is 310 g/mol. The minimum atomic E-state index is 0.714. The highest BCUT2D eigenvalue weighted by atomic mass is 32.1. The molecule has 1 aromatic rings. The molecule has 0 spiro atoms. The second-order valence-corrected chi connectivity index (χ2v) is 7.34. The topological polar surface area (TPSA) is 41.5 Å². The number of piperidine rings is 1. The molecule has 3 rings (SSSR count). The molecule has 0 bridgehead atoms. The van der Waals surface area contributed by atoms with Crippen LogP contribution in [0.2, 0.25) is 0 Å². The lowest BCUT2D eigenvalue weighted by atomic mass is 9.99. The van der Waals surface area contributed by atoms with E-state index in [1.54, 1.807) is 11.3 Å². The van der Waals surface area contributed by atoms with Crippen LogP contribution in [0.1, 0.15) is 35.7 Å². The predicted octanol–water partition coefficient (Wildman–Crippen LogP) is 1.92. The van der Waals surface area contributed by atoms with Gasteiger partial charge in [-0.3, -0.25) is 9.80 Å². The summed E-state index contributed by atoms with van der Waals surface area (Å²) < 4.78 is 5.43. The maximum Gasteiger partial charge on any atom is 0.131 e. The highest BCUT2D eigenvalue weighted by Crippen LogP contribution is 2.23. The zero-order chi connectivity index (χ0) is 14.5. The van der Waals surface area contributed by atoms with Crippen LogP contribution in [-0.2, 0) is 11.3 Å². The molecule has 2 fully saturated rings. The van der Waals surface area contributed by atoms with Gasteiger partial charge in [-0.1, -0.05) is 6.42 Å². The molecular weight excluding hydrogens is 284 g/mol. The fraction of sp³-hybridized carbons (Fsp3) is 0.867. The Morgan fingerprint density at radius 2 is 2.05 bits per heavy atom. The lowest BCUT2D eigenvalue weighted by Crippen LogP contribution is -2.43. The lowest BCUT2D eigenvalue weighted by molar-refractivity contribution is 0.0302. The number of morpholine rings is 1. The molecule has 0 aliphatic carbocycles. The average molecular weight is 310 g/mol. The van der Waals surface area contributed by atoms with Crippen molar-refractivity contribution >= 4 is 11.3 Å². The Morgan fingerprint density at radius 3 is 2.81 bits per heavy atom. The van der Waals surface area contributed by atoms with Gasteiger partial charge >= 0.3 is 0 Å². The van der Waals surface area contributed by atoms with Gasteiger partial charge in [-0.05, 0) is 39.3 Å². The molecular formula is C15H26N4OS. The predicted molar refractivity (Wildman–Crippen MR) is 84.6 cm³/mol. The molecule has 2 aliphatic rings. The fourth-order valence-electron chi connectivity index (χ4n) is 3.33. The van der Waals surface area contributed by atoms with Crippen LogP contribution in [0.15, 0.2) is 0 Å². The van der Waals surface area contributed by atoms with Gasteiger partial charge in [-0.25, -0.2) is 0 Å². The van der Waals surface area contributed by atoms with Crippen molar-refractivity contribution in [2.45, 2.75) is 45.2 Å². The van der Waals surface area contributed by atoms with E-state index in [-0.39, 0.29) is 0 Å². The van der Waals surface area contributed by atoms with Crippen molar-refractivity contribution in [2.75, 3.05) is 39.4 Å². The Bertz CT molecular complexity index is 433. The zero-order valence-electron chi connectivity index (χ0n) is 13.0. The van der Waals surface area contributed by atoms with Crippen LogP contribution in [0.4, 0.5) is 0 Å². The first kappa shape index (κ1) is 15.3. The van der Waals surface area contributed by atoms with Gasteiger partial charge in [-0.15, -0.1) is 21.5 Å². The number of likely N-dealkylation sites (tertiary alicyclic amines) is 1. The molecule has 3 heterocycles. The fourth-order valence-corrected chi connectivity index (χ4v) is 4.06. The molecule has 21 heavy (non-hydrogen) atoms. The van der Waals surface area contributed by atoms with Gasteiger partial charge in [0.2, 0.25) is 0 Å². The van der Waals surface area contributed by atoms with Crippen LogP contribution in [0.25, 0.3) is 0 Å². The minimum Gasteiger partial charge on any atom is -0.379 e. The van der Waals surface area contributed by atoms with Gasteiger partial charge < -0.3 is 4.74 Å². The van der Waals surface area contributed by atoms with Gasteiger partial charge in [0.15, 0.2) is 0 Å². The summed E-state index contributed by atoms with van der Waals surface area (Å²) in [6.45, 7) is 9.44. The van der Waals surface area contributed by atoms with Crippen LogP contribution >= 0.6 is 11.3 Å². The molecule has 6 heteroatoms. The van der Waals surface area contributed by atoms with E-state index in [0.717, 1.165) is 37.9 Å². The quantitative estimate of drug-likeness (QED) is 0.831. The van der Waals surface area contributed by atoms with Crippen molar-refractivity contribution in [1.82, 2.24) is 20.0 Å². The Morgan fingerprint density at radius 1 is 1.19 bits per heavy atom. The molecule has 0 radical (unpaired) electrons. The van der Waals surface area contributed by atoms with Crippen molar-refractivity contribution in [3.8, 4) is 0 Å². The summed E-state index contributed by atoms with van der Waals surface area (Å²) in [6, 6.07) is 0.714. The Hall–Kier alpha value is -0.560. The summed E-state index contributed by atoms with van der Waals surface area (Å²) in [7, 11) is 0. The third-order valence-electron chi connectivity index (χ3n) is 4.54. The van der Waals surface area contributed by atoms with E-state index < -0.39 is 0 Å². The third kappa shape index (κ3) is 4.45. The largest absolute Gasteiger partial charge is 0.379 e. The Labute approximate surface area is 131 Å². The highest BCUT2D eigenvalue weighted by molar-refractivity contribution is 7.11. The van der Waals surface area contributed by atoms with Crippen LogP contribution in [0.3, 0.4) is 0 Å². The maximum absolute atomic E-state index is 5.43. The van der Waals surface area contributed by atoms with E-state index in [2.05, 4.69) is 20.0 Å². The van der Waals surface area contributed by atoms with Crippen molar-refractivity contribution in [3.63, 3.8) is 0 Å². The Kier molecular flexibility index (Phi) is 5.57. The molecule has 0 aromatic carbocycles. The zero-order valence-corrected chi connectivity index (χ0v) is 13.8. The number of hydrogen-bond donors (Lipinski definition) is 0. The molecule has 5 nitrogen and oxygen atoms in total. The summed E-state index contributed by atoms with van der Waals surface area (Å²) in [6.07, 6.45) is 5.31. The number of aromatic nitrogens is 2. The summed E-state index contributed by atoms with van der Waals surface area (Å²) in [5.41, 5.74) is 0. The molecule has 2 saturated heterocycles. The SMILES string of the molecule is Cc1nnc(CN2CCCC[C@H]2CCN2CCOCC2)s1. The van der Waals surface area contributed by atoms with E-state index in [4.69, 9.17) is 4.74 Å². The van der Waals surface area contributed by atoms with Crippen molar-refractivity contribution in [1.29, 1.82) is 0 Å². The summed E-state index contributed by atoms with van der Waals surface area (Å²) in [4.78, 5) is 5.18. The summed E-state index contributed by atoms with van der Waals surface area (Å²) >= 11 is 1.74. The van der Waals surface area contributed by atoms with Crippen molar-refractivity contribution in [2.24, 2.45) is 0 Å². The molecule has 0 unspecified atom stereocenters. The number of ether oxygens (including phenoxy) is 1. The number of aryl methyl sites for hydroxylation is 1. The molecule has 0 saturated carbocycles. The summed E-state index contributed by atoms with van der Waals surface area (Å²) in [5.74, 6) is 0. The van der Waals surface area contributed by atoms with E-state index in [0.29, 0.717) is 6.04 Å². The Balaban J connectivity index is 1.51. The highest BCUT2D eigenvalue weighted by Gasteiger charge is 2.24. The number of hydrogen-bond acceptors (Lipinski definition) is 6. The van der Waals surface area contributed by atoms with Gasteiger partial charge in [-0.2, -0.15) is 0 Å². The smallest absolute Gasteiger partial charge is 0.131 e. The normalized spacial score (nSPS) is 25.3. The van der Waals surface area contributed by atoms with Gasteiger partial charge in [0.05, 0.1) is 19.8 Å². The second-order valence-electron chi connectivity index (χ2n) is 6.08. The molecule has 0 amide bonds. The first-order chi connectivity index (χ1) is 10.3. The van der Waals surface area contributed by atoms with Crippen LogP contribution in [0.5, 0.6) is 0 Å². The average Bonchev–Trinajstić information content (AvgIpc) is 2.93. The third-order valence-corrected chi connectivity index (χ3v) is 5.36. The van der Waals surface area contributed by atoms with Crippen molar-refractivity contribution < 1.29 is 4.74 Å². The molecule has 2 aliphatic heterocycles. The van der Waals surface area contributed by atoms with E-state index in [1.165, 1.54) is 43.8 Å². The maximum atomic E-state index is 5.43. The van der Waals surface area contributed by atoms with E-state index >= 15 is 0 Å². The first-order valence-electron chi connectivity index (χ1n) is 8.14. The molecule has 0 N–H and O–H groups in total. The number of nitrogens with zero attached hydrogens (tertiary/aromatic N) is 4. The standard InChI is InChI=1S/C15H26N4OS/c1-13-16-17-15(21-13)12-19-6-3-2-4-14(19)5-7-18-8-10-20-11-9-18/h14H,2-12H2,1H3/t14-/m0/s1. The first-order valence-corrected chi connectivity index (χ1v) is 8.96. The van der Waals surface area contributed by atoms with Crippen LogP contribution < -0.4 is 0 Å². The van der Waals surface area contributed by atoms with Crippen LogP contribution in [0, 0.1) is 6.92 Å². The minimum absolute atomic E-state index is 0.714. The van der Waals surface area contributed by atoms with Crippen molar-refractivity contribution in [3.05, 3.63) is 10.0 Å². The summed E-state index contributed by atoms with van der Waals surface area (Å²) in [5, 5.41) is 10.7. The van der Waals surface area contributed by atoms with Gasteiger partial charge in [0.1, 0.15) is 10.0 Å². The second kappa shape index (κ2) is 7.63. The van der Waals surface area contributed by atoms with Crippen LogP contribution in [-0.4, -0.2) is 65.4 Å². The molecule has 1 atom stereocenters. The number of rotatable bonds is 5. The molecule has 1 aromatic heterocycles.